The summed E-state index contributed by atoms with van der Waals surface area (Å²) in [7, 11) is 2.10. The summed E-state index contributed by atoms with van der Waals surface area (Å²) in [5, 5.41) is 12.3. The van der Waals surface area contributed by atoms with E-state index in [1.807, 2.05) is 6.07 Å². The Morgan fingerprint density at radius 2 is 2.14 bits per heavy atom. The van der Waals surface area contributed by atoms with Crippen LogP contribution in [0.5, 0.6) is 5.75 Å². The summed E-state index contributed by atoms with van der Waals surface area (Å²) in [4.78, 5) is 27.4. The zero-order valence-electron chi connectivity index (χ0n) is 17.2. The minimum absolute atomic E-state index is 0.0196. The number of ether oxygens (including phenoxy) is 1. The van der Waals surface area contributed by atoms with E-state index in [4.69, 9.17) is 10.5 Å². The van der Waals surface area contributed by atoms with E-state index in [1.54, 1.807) is 6.07 Å². The minimum atomic E-state index is -1.07. The lowest BCUT2D eigenvalue weighted by Crippen LogP contribution is -2.72. The van der Waals surface area contributed by atoms with Gasteiger partial charge in [-0.05, 0) is 56.7 Å². The minimum Gasteiger partial charge on any atom is -0.480 e. The first kappa shape index (κ1) is 19.1. The lowest BCUT2D eigenvalue weighted by molar-refractivity contribution is -0.170. The van der Waals surface area contributed by atoms with Crippen LogP contribution in [-0.4, -0.2) is 53.0 Å². The lowest BCUT2D eigenvalue weighted by Gasteiger charge is -2.58. The van der Waals surface area contributed by atoms with E-state index in [0.717, 1.165) is 24.1 Å². The summed E-state index contributed by atoms with van der Waals surface area (Å²) in [5.74, 6) is 0.606. The predicted molar refractivity (Wildman–Crippen MR) is 108 cm³/mol. The average Bonchev–Trinajstić information content (AvgIpc) is 3.41. The Morgan fingerprint density at radius 1 is 1.38 bits per heavy atom. The van der Waals surface area contributed by atoms with Gasteiger partial charge in [-0.1, -0.05) is 19.4 Å². The molecule has 4 atom stereocenters. The number of Topliss-reactive ketones (excluding diaryl/α,β-unsaturated/α-hetero) is 1. The van der Waals surface area contributed by atoms with Crippen molar-refractivity contribution in [1.82, 2.24) is 4.90 Å². The second kappa shape index (κ2) is 6.29. The van der Waals surface area contributed by atoms with Crippen molar-refractivity contribution < 1.29 is 19.4 Å². The Labute approximate surface area is 171 Å². The highest BCUT2D eigenvalue weighted by Gasteiger charge is 2.70. The number of hydrogen-bond donors (Lipinski definition) is 2. The predicted octanol–water partition coefficient (Wildman–Crippen LogP) is 1.94. The van der Waals surface area contributed by atoms with Crippen LogP contribution < -0.4 is 10.5 Å². The Kier molecular flexibility index (Phi) is 4.13. The topological polar surface area (TPSA) is 92.9 Å². The Balaban J connectivity index is 1.73. The maximum Gasteiger partial charge on any atom is 0.252 e. The first-order chi connectivity index (χ1) is 13.8. The zero-order valence-corrected chi connectivity index (χ0v) is 17.2. The van der Waals surface area contributed by atoms with Crippen LogP contribution >= 0.6 is 0 Å². The van der Waals surface area contributed by atoms with Crippen LogP contribution in [0.3, 0.4) is 0 Å². The molecule has 0 saturated heterocycles. The molecule has 2 fully saturated rings. The van der Waals surface area contributed by atoms with Gasteiger partial charge in [0.2, 0.25) is 0 Å². The Hall–Kier alpha value is -1.92. The molecule has 0 radical (unpaired) electrons. The lowest BCUT2D eigenvalue weighted by atomic mass is 9.50. The molecule has 3 N–H and O–H groups in total. The number of ketones is 1. The van der Waals surface area contributed by atoms with Crippen molar-refractivity contribution in [3.05, 3.63) is 28.8 Å². The Bertz CT molecular complexity index is 895. The molecule has 2 saturated carbocycles. The molecule has 6 nitrogen and oxygen atoms in total. The van der Waals surface area contributed by atoms with E-state index in [0.29, 0.717) is 42.9 Å². The fourth-order valence-electron chi connectivity index (χ4n) is 6.46. The van der Waals surface area contributed by atoms with Crippen molar-refractivity contribution in [3.63, 3.8) is 0 Å². The van der Waals surface area contributed by atoms with Crippen LogP contribution in [0.2, 0.25) is 0 Å². The molecule has 1 heterocycles. The molecule has 6 heteroatoms. The molecule has 29 heavy (non-hydrogen) atoms. The summed E-state index contributed by atoms with van der Waals surface area (Å²) in [6.45, 7) is 3.04. The normalized spacial score (nSPS) is 34.8. The molecule has 0 spiro atoms. The van der Waals surface area contributed by atoms with Gasteiger partial charge >= 0.3 is 0 Å². The summed E-state index contributed by atoms with van der Waals surface area (Å²) in [6, 6.07) is 3.60. The average molecular weight is 399 g/mol. The van der Waals surface area contributed by atoms with Crippen molar-refractivity contribution >= 4 is 11.7 Å². The molecule has 0 bridgehead atoms. The van der Waals surface area contributed by atoms with Crippen LogP contribution in [-0.2, 0) is 16.6 Å². The SMILES string of the molecule is CCC[C@]12c3c4ccc(C(N)=O)c3O[C@H]1C(=O)CC[C@@]2(O)[C@H](N(C)CC1CC1)C4. The molecule has 1 aromatic carbocycles. The van der Waals surface area contributed by atoms with Crippen LogP contribution in [0.15, 0.2) is 12.1 Å². The summed E-state index contributed by atoms with van der Waals surface area (Å²) in [6.07, 6.45) is 4.65. The van der Waals surface area contributed by atoms with E-state index in [-0.39, 0.29) is 11.8 Å². The number of hydrogen-bond acceptors (Lipinski definition) is 5. The largest absolute Gasteiger partial charge is 0.480 e. The van der Waals surface area contributed by atoms with Crippen LogP contribution in [0.1, 0.15) is 66.9 Å². The zero-order chi connectivity index (χ0) is 20.6. The van der Waals surface area contributed by atoms with Crippen LogP contribution in [0.25, 0.3) is 0 Å². The van der Waals surface area contributed by atoms with Crippen LogP contribution in [0.4, 0.5) is 0 Å². The molecule has 4 aliphatic rings. The van der Waals surface area contributed by atoms with Crippen molar-refractivity contribution in [3.8, 4) is 5.75 Å². The van der Waals surface area contributed by atoms with Gasteiger partial charge < -0.3 is 15.6 Å². The maximum atomic E-state index is 13.0. The van der Waals surface area contributed by atoms with Gasteiger partial charge in [-0.3, -0.25) is 14.5 Å². The molecule has 3 aliphatic carbocycles. The molecule has 0 unspecified atom stereocenters. The van der Waals surface area contributed by atoms with E-state index in [1.165, 1.54) is 12.8 Å². The number of amides is 1. The fourth-order valence-corrected chi connectivity index (χ4v) is 6.46. The summed E-state index contributed by atoms with van der Waals surface area (Å²) in [5.41, 5.74) is 6.00. The monoisotopic (exact) mass is 398 g/mol. The second-order valence-corrected chi connectivity index (χ2v) is 9.55. The van der Waals surface area contributed by atoms with Gasteiger partial charge in [0.05, 0.1) is 16.6 Å². The van der Waals surface area contributed by atoms with E-state index in [9.17, 15) is 14.7 Å². The van der Waals surface area contributed by atoms with Crippen molar-refractivity contribution in [2.24, 2.45) is 11.7 Å². The molecule has 1 amide bonds. The number of carbonyl (C=O) groups is 2. The maximum absolute atomic E-state index is 13.0. The number of nitrogens with two attached hydrogens (primary N) is 1. The third-order valence-electron chi connectivity index (χ3n) is 7.84. The highest BCUT2D eigenvalue weighted by molar-refractivity contribution is 5.98. The molecular formula is C23H30N2O4. The number of carbonyl (C=O) groups excluding carboxylic acids is 2. The molecule has 0 aromatic heterocycles. The first-order valence-corrected chi connectivity index (χ1v) is 10.9. The van der Waals surface area contributed by atoms with Gasteiger partial charge in [0, 0.05) is 24.6 Å². The molecule has 5 rings (SSSR count). The molecule has 1 aliphatic heterocycles. The number of aliphatic hydroxyl groups is 1. The van der Waals surface area contributed by atoms with E-state index < -0.39 is 23.0 Å². The third-order valence-corrected chi connectivity index (χ3v) is 7.84. The van der Waals surface area contributed by atoms with E-state index >= 15 is 0 Å². The molecule has 1 aromatic rings. The molecular weight excluding hydrogens is 368 g/mol. The summed E-state index contributed by atoms with van der Waals surface area (Å²) < 4.78 is 6.22. The number of likely N-dealkylation sites (N-methyl/N-ethyl adjacent to an activating group) is 1. The van der Waals surface area contributed by atoms with Crippen LogP contribution in [0, 0.1) is 5.92 Å². The fraction of sp³-hybridized carbons (Fsp3) is 0.652. The standard InChI is InChI=1S/C23H30N2O4/c1-3-9-22-18-14-6-7-15(21(24)27)19(18)29-20(22)16(26)8-10-23(22,28)17(11-14)25(2)12-13-4-5-13/h6-7,13,17,20,28H,3-5,8-12H2,1-2H3,(H2,24,27)/t17-,20+,22+,23-/m1/s1. The van der Waals surface area contributed by atoms with Gasteiger partial charge in [0.15, 0.2) is 11.9 Å². The quantitative estimate of drug-likeness (QED) is 0.764. The number of benzene rings is 1. The van der Waals surface area contributed by atoms with Crippen molar-refractivity contribution in [2.75, 3.05) is 13.6 Å². The van der Waals surface area contributed by atoms with Gasteiger partial charge in [0.25, 0.3) is 5.91 Å². The van der Waals surface area contributed by atoms with Gasteiger partial charge in [-0.2, -0.15) is 0 Å². The Morgan fingerprint density at radius 3 is 2.79 bits per heavy atom. The summed E-state index contributed by atoms with van der Waals surface area (Å²) >= 11 is 0. The van der Waals surface area contributed by atoms with Gasteiger partial charge in [-0.25, -0.2) is 0 Å². The smallest absolute Gasteiger partial charge is 0.252 e. The highest BCUT2D eigenvalue weighted by atomic mass is 16.5. The van der Waals surface area contributed by atoms with E-state index in [2.05, 4.69) is 18.9 Å². The van der Waals surface area contributed by atoms with Gasteiger partial charge in [0.1, 0.15) is 5.75 Å². The first-order valence-electron chi connectivity index (χ1n) is 10.9. The highest BCUT2D eigenvalue weighted by Crippen LogP contribution is 2.62. The molecule has 156 valence electrons. The number of nitrogens with zero attached hydrogens (tertiary/aromatic N) is 1. The van der Waals surface area contributed by atoms with Crippen molar-refractivity contribution in [1.29, 1.82) is 0 Å². The van der Waals surface area contributed by atoms with Crippen molar-refractivity contribution in [2.45, 2.75) is 75.0 Å². The number of primary amides is 1. The second-order valence-electron chi connectivity index (χ2n) is 9.55. The third kappa shape index (κ3) is 2.42. The van der Waals surface area contributed by atoms with Gasteiger partial charge in [-0.15, -0.1) is 0 Å². The number of rotatable bonds is 6.